The quantitative estimate of drug-likeness (QED) is 0.525. The Balaban J connectivity index is 1.64. The molecule has 0 aliphatic heterocycles. The molecular formula is C25H28Cl2N4O6. The smallest absolute Gasteiger partial charge is 0.274 e. The van der Waals surface area contributed by atoms with Crippen molar-refractivity contribution in [2.45, 2.75) is 83.7 Å². The molecule has 37 heavy (non-hydrogen) atoms. The molecule has 4 rings (SSSR count). The first-order chi connectivity index (χ1) is 17.6. The third-order valence-corrected chi connectivity index (χ3v) is 8.19. The maximum absolute atomic E-state index is 13.1. The zero-order valence-electron chi connectivity index (χ0n) is 20.7. The van der Waals surface area contributed by atoms with Gasteiger partial charge in [-0.2, -0.15) is 0 Å². The first kappa shape index (κ1) is 27.1. The molecule has 10 nitrogen and oxygen atoms in total. The van der Waals surface area contributed by atoms with E-state index in [0.29, 0.717) is 25.7 Å². The summed E-state index contributed by atoms with van der Waals surface area (Å²) in [6.45, 7) is 2.81. The van der Waals surface area contributed by atoms with Gasteiger partial charge in [0.2, 0.25) is 5.91 Å². The highest BCUT2D eigenvalue weighted by Crippen LogP contribution is 2.28. The van der Waals surface area contributed by atoms with Crippen LogP contribution in [0.3, 0.4) is 0 Å². The zero-order valence-corrected chi connectivity index (χ0v) is 22.2. The van der Waals surface area contributed by atoms with Crippen LogP contribution in [0.5, 0.6) is 0 Å². The van der Waals surface area contributed by atoms with Gasteiger partial charge >= 0.3 is 11.4 Å². The molecule has 2 aliphatic carbocycles. The lowest BCUT2D eigenvalue weighted by Gasteiger charge is -2.17. The number of carbonyl (C=O) groups is 2. The second kappa shape index (κ2) is 10.8. The van der Waals surface area contributed by atoms with Gasteiger partial charge in [0, 0.05) is 24.6 Å². The van der Waals surface area contributed by atoms with Crippen molar-refractivity contribution in [3.05, 3.63) is 75.3 Å². The minimum Gasteiger partial charge on any atom is -0.274 e. The van der Waals surface area contributed by atoms with Crippen LogP contribution in [-0.4, -0.2) is 30.1 Å². The summed E-state index contributed by atoms with van der Waals surface area (Å²) in [5.41, 5.74) is -2.74. The normalized spacial score (nSPS) is 16.8. The van der Waals surface area contributed by atoms with Crippen LogP contribution in [0.15, 0.2) is 31.3 Å². The SMILES string of the molecule is Cc1c(Cl)c(=O)n(C2CCCC2)c(=O)n1C(=O)C=CCC(=O)n1c(C)c(Cl)c(=O)n(C2CCCC2)c1=O. The molecule has 2 aromatic heterocycles. The fourth-order valence-corrected chi connectivity index (χ4v) is 5.69. The van der Waals surface area contributed by atoms with Crippen LogP contribution in [0.1, 0.15) is 90.8 Å². The Bertz CT molecular complexity index is 1530. The van der Waals surface area contributed by atoms with E-state index < -0.39 is 34.3 Å². The first-order valence-corrected chi connectivity index (χ1v) is 13.1. The minimum absolute atomic E-state index is 0.00868. The lowest BCUT2D eigenvalue weighted by Crippen LogP contribution is -2.45. The van der Waals surface area contributed by atoms with Crippen LogP contribution >= 0.6 is 23.2 Å². The average Bonchev–Trinajstić information content (AvgIpc) is 3.57. The molecule has 198 valence electrons. The van der Waals surface area contributed by atoms with Gasteiger partial charge in [0.15, 0.2) is 0 Å². The van der Waals surface area contributed by atoms with Gasteiger partial charge < -0.3 is 0 Å². The van der Waals surface area contributed by atoms with E-state index in [1.54, 1.807) is 0 Å². The fraction of sp³-hybridized carbons (Fsp3) is 0.520. The Labute approximate surface area is 221 Å². The maximum Gasteiger partial charge on any atom is 0.338 e. The van der Waals surface area contributed by atoms with Crippen LogP contribution in [0.2, 0.25) is 10.0 Å². The van der Waals surface area contributed by atoms with Gasteiger partial charge in [0.1, 0.15) is 10.0 Å². The molecule has 2 aliphatic rings. The number of nitrogens with zero attached hydrogens (tertiary/aromatic N) is 4. The molecule has 0 amide bonds. The highest BCUT2D eigenvalue weighted by Gasteiger charge is 2.27. The van der Waals surface area contributed by atoms with Crippen molar-refractivity contribution in [3.8, 4) is 0 Å². The summed E-state index contributed by atoms with van der Waals surface area (Å²) in [6.07, 6.45) is 7.96. The first-order valence-electron chi connectivity index (χ1n) is 12.4. The van der Waals surface area contributed by atoms with Crippen LogP contribution in [0.4, 0.5) is 0 Å². The van der Waals surface area contributed by atoms with Crippen molar-refractivity contribution in [3.63, 3.8) is 0 Å². The van der Waals surface area contributed by atoms with Gasteiger partial charge in [-0.05, 0) is 39.5 Å². The molecule has 2 heterocycles. The molecule has 0 saturated heterocycles. The number of allylic oxidation sites excluding steroid dienone is 2. The summed E-state index contributed by atoms with van der Waals surface area (Å²) in [7, 11) is 0. The predicted octanol–water partition coefficient (Wildman–Crippen LogP) is 3.41. The number of hydrogen-bond acceptors (Lipinski definition) is 6. The van der Waals surface area contributed by atoms with E-state index in [2.05, 4.69) is 0 Å². The summed E-state index contributed by atoms with van der Waals surface area (Å²) in [5.74, 6) is -1.46. The van der Waals surface area contributed by atoms with E-state index >= 15 is 0 Å². The van der Waals surface area contributed by atoms with Crippen LogP contribution in [0, 0.1) is 13.8 Å². The number of carbonyl (C=O) groups excluding carboxylic acids is 2. The summed E-state index contributed by atoms with van der Waals surface area (Å²) < 4.78 is 3.76. The fourth-order valence-electron chi connectivity index (χ4n) is 5.34. The Morgan fingerprint density at radius 1 is 0.757 bits per heavy atom. The lowest BCUT2D eigenvalue weighted by atomic mass is 10.2. The highest BCUT2D eigenvalue weighted by molar-refractivity contribution is 6.31. The summed E-state index contributed by atoms with van der Waals surface area (Å²) in [6, 6.07) is -0.637. The van der Waals surface area contributed by atoms with Crippen molar-refractivity contribution in [1.82, 2.24) is 18.3 Å². The monoisotopic (exact) mass is 550 g/mol. The largest absolute Gasteiger partial charge is 0.338 e. The molecule has 0 bridgehead atoms. The maximum atomic E-state index is 13.1. The molecule has 0 aromatic carbocycles. The molecule has 0 spiro atoms. The van der Waals surface area contributed by atoms with Gasteiger partial charge in [-0.1, -0.05) is 55.0 Å². The number of aromatic nitrogens is 4. The Kier molecular flexibility index (Phi) is 7.89. The van der Waals surface area contributed by atoms with Gasteiger partial charge in [0.05, 0.1) is 11.4 Å². The highest BCUT2D eigenvalue weighted by atomic mass is 35.5. The zero-order chi connectivity index (χ0) is 27.0. The van der Waals surface area contributed by atoms with Crippen molar-refractivity contribution >= 4 is 35.0 Å². The van der Waals surface area contributed by atoms with E-state index in [0.717, 1.165) is 50.0 Å². The summed E-state index contributed by atoms with van der Waals surface area (Å²) in [5, 5.41) is -0.416. The van der Waals surface area contributed by atoms with Gasteiger partial charge in [0.25, 0.3) is 17.0 Å². The van der Waals surface area contributed by atoms with E-state index in [1.165, 1.54) is 19.9 Å². The molecule has 2 aromatic rings. The van der Waals surface area contributed by atoms with E-state index in [9.17, 15) is 28.8 Å². The molecular weight excluding hydrogens is 523 g/mol. The van der Waals surface area contributed by atoms with Crippen molar-refractivity contribution in [2.75, 3.05) is 0 Å². The minimum atomic E-state index is -0.776. The van der Waals surface area contributed by atoms with Crippen LogP contribution < -0.4 is 22.5 Å². The van der Waals surface area contributed by atoms with E-state index in [-0.39, 0.29) is 39.9 Å². The van der Waals surface area contributed by atoms with Crippen LogP contribution in [0.25, 0.3) is 0 Å². The lowest BCUT2D eigenvalue weighted by molar-refractivity contribution is 0.0905. The second-order valence-electron chi connectivity index (χ2n) is 9.60. The number of halogens is 2. The second-order valence-corrected chi connectivity index (χ2v) is 10.4. The van der Waals surface area contributed by atoms with Gasteiger partial charge in [-0.25, -0.2) is 18.7 Å². The Morgan fingerprint density at radius 2 is 1.16 bits per heavy atom. The molecule has 0 atom stereocenters. The number of rotatable bonds is 5. The van der Waals surface area contributed by atoms with E-state index in [4.69, 9.17) is 23.2 Å². The average molecular weight is 551 g/mol. The van der Waals surface area contributed by atoms with Crippen molar-refractivity contribution in [2.24, 2.45) is 0 Å². The third-order valence-electron chi connectivity index (χ3n) is 7.32. The number of hydrogen-bond donors (Lipinski definition) is 0. The van der Waals surface area contributed by atoms with E-state index in [1.807, 2.05) is 0 Å². The Morgan fingerprint density at radius 3 is 1.62 bits per heavy atom. The molecule has 2 saturated carbocycles. The molecule has 0 N–H and O–H groups in total. The standard InChI is InChI=1S/C25H28Cl2N4O6/c1-14-20(26)22(34)30(16-8-3-4-9-16)24(36)28(14)18(32)12-7-13-19(33)29-15(2)21(27)23(35)31(25(29)37)17-10-5-6-11-17/h7,12,16-17H,3-6,8-11,13H2,1-2H3. The van der Waals surface area contributed by atoms with Crippen molar-refractivity contribution < 1.29 is 9.59 Å². The molecule has 2 fully saturated rings. The third kappa shape index (κ3) is 4.84. The Hall–Kier alpha value is -2.98. The molecule has 12 heteroatoms. The molecule has 0 radical (unpaired) electrons. The topological polar surface area (TPSA) is 122 Å². The van der Waals surface area contributed by atoms with Crippen LogP contribution in [-0.2, 0) is 0 Å². The van der Waals surface area contributed by atoms with Gasteiger partial charge in [-0.15, -0.1) is 0 Å². The molecule has 0 unspecified atom stereocenters. The predicted molar refractivity (Wildman–Crippen MR) is 139 cm³/mol. The summed E-state index contributed by atoms with van der Waals surface area (Å²) >= 11 is 12.4. The van der Waals surface area contributed by atoms with Crippen molar-refractivity contribution in [1.29, 1.82) is 0 Å². The summed E-state index contributed by atoms with van der Waals surface area (Å²) in [4.78, 5) is 77.4. The van der Waals surface area contributed by atoms with Gasteiger partial charge in [-0.3, -0.25) is 28.3 Å².